The van der Waals surface area contributed by atoms with E-state index in [1.807, 2.05) is 37.3 Å². The van der Waals surface area contributed by atoms with Crippen molar-refractivity contribution in [1.82, 2.24) is 0 Å². The largest absolute Gasteiger partial charge is 0.368 e. The van der Waals surface area contributed by atoms with E-state index in [0.717, 1.165) is 21.8 Å². The molecule has 1 unspecified atom stereocenters. The number of benzene rings is 2. The van der Waals surface area contributed by atoms with Gasteiger partial charge in [0.15, 0.2) is 0 Å². The number of anilines is 1. The fourth-order valence-corrected chi connectivity index (χ4v) is 2.72. The standard InChI is InChI=1S/C17H21ClN2/c1-12(19)14-8-5-7-11-17(14)20(3)13(2)15-9-4-6-10-16(15)18/h4-13H,19H2,1-3H3/t12-,13?/m1/s1. The van der Waals surface area contributed by atoms with E-state index in [9.17, 15) is 0 Å². The Kier molecular flexibility index (Phi) is 4.69. The van der Waals surface area contributed by atoms with Gasteiger partial charge in [-0.2, -0.15) is 0 Å². The fraction of sp³-hybridized carbons (Fsp3) is 0.294. The quantitative estimate of drug-likeness (QED) is 0.894. The van der Waals surface area contributed by atoms with Crippen molar-refractivity contribution in [1.29, 1.82) is 0 Å². The molecule has 106 valence electrons. The maximum atomic E-state index is 6.30. The average Bonchev–Trinajstić information content (AvgIpc) is 2.46. The highest BCUT2D eigenvalue weighted by Crippen LogP contribution is 2.33. The van der Waals surface area contributed by atoms with E-state index >= 15 is 0 Å². The van der Waals surface area contributed by atoms with Gasteiger partial charge in [-0.15, -0.1) is 0 Å². The Bertz CT molecular complexity index is 581. The second kappa shape index (κ2) is 6.29. The Morgan fingerprint density at radius 3 is 2.10 bits per heavy atom. The van der Waals surface area contributed by atoms with Crippen LogP contribution in [-0.2, 0) is 0 Å². The Balaban J connectivity index is 2.37. The molecule has 0 bridgehead atoms. The number of rotatable bonds is 4. The van der Waals surface area contributed by atoms with E-state index in [1.54, 1.807) is 0 Å². The molecule has 2 aromatic rings. The van der Waals surface area contributed by atoms with Gasteiger partial charge < -0.3 is 10.6 Å². The Hall–Kier alpha value is -1.51. The molecule has 2 rings (SSSR count). The summed E-state index contributed by atoms with van der Waals surface area (Å²) >= 11 is 6.30. The molecule has 0 aliphatic carbocycles. The molecule has 2 aromatic carbocycles. The Morgan fingerprint density at radius 2 is 1.50 bits per heavy atom. The lowest BCUT2D eigenvalue weighted by Crippen LogP contribution is -2.24. The predicted molar refractivity (Wildman–Crippen MR) is 87.3 cm³/mol. The molecule has 0 spiro atoms. The van der Waals surface area contributed by atoms with Crippen LogP contribution in [0.5, 0.6) is 0 Å². The summed E-state index contributed by atoms with van der Waals surface area (Å²) in [4.78, 5) is 2.22. The maximum absolute atomic E-state index is 6.30. The van der Waals surface area contributed by atoms with E-state index < -0.39 is 0 Å². The van der Waals surface area contributed by atoms with Crippen molar-refractivity contribution in [2.24, 2.45) is 5.73 Å². The van der Waals surface area contributed by atoms with Crippen LogP contribution in [0.2, 0.25) is 5.02 Å². The number of hydrogen-bond acceptors (Lipinski definition) is 2. The highest BCUT2D eigenvalue weighted by atomic mass is 35.5. The second-order valence-electron chi connectivity index (χ2n) is 5.16. The Morgan fingerprint density at radius 1 is 0.950 bits per heavy atom. The van der Waals surface area contributed by atoms with Gasteiger partial charge in [0.1, 0.15) is 0 Å². The van der Waals surface area contributed by atoms with Crippen molar-refractivity contribution >= 4 is 17.3 Å². The number of nitrogens with two attached hydrogens (primary N) is 1. The summed E-state index contributed by atoms with van der Waals surface area (Å²) in [7, 11) is 2.08. The lowest BCUT2D eigenvalue weighted by atomic mass is 10.0. The summed E-state index contributed by atoms with van der Waals surface area (Å²) in [5.74, 6) is 0. The van der Waals surface area contributed by atoms with Crippen molar-refractivity contribution in [3.8, 4) is 0 Å². The first kappa shape index (κ1) is 14.9. The summed E-state index contributed by atoms with van der Waals surface area (Å²) in [5.41, 5.74) is 9.48. The van der Waals surface area contributed by atoms with E-state index in [0.29, 0.717) is 0 Å². The lowest BCUT2D eigenvalue weighted by molar-refractivity contribution is 0.723. The van der Waals surface area contributed by atoms with Gasteiger partial charge in [0.25, 0.3) is 0 Å². The zero-order valence-corrected chi connectivity index (χ0v) is 12.9. The van der Waals surface area contributed by atoms with Crippen LogP contribution in [0.15, 0.2) is 48.5 Å². The van der Waals surface area contributed by atoms with Crippen molar-refractivity contribution < 1.29 is 0 Å². The molecule has 0 saturated carbocycles. The molecule has 0 fully saturated rings. The molecule has 0 aliphatic heterocycles. The molecule has 20 heavy (non-hydrogen) atoms. The zero-order chi connectivity index (χ0) is 14.7. The topological polar surface area (TPSA) is 29.3 Å². The van der Waals surface area contributed by atoms with Gasteiger partial charge in [0.05, 0.1) is 6.04 Å². The van der Waals surface area contributed by atoms with Gasteiger partial charge in [-0.1, -0.05) is 48.0 Å². The van der Waals surface area contributed by atoms with Crippen LogP contribution in [0.3, 0.4) is 0 Å². The van der Waals surface area contributed by atoms with Crippen LogP contribution in [0.25, 0.3) is 0 Å². The first-order valence-corrected chi connectivity index (χ1v) is 7.22. The van der Waals surface area contributed by atoms with Crippen molar-refractivity contribution in [3.05, 3.63) is 64.7 Å². The van der Waals surface area contributed by atoms with Gasteiger partial charge in [0, 0.05) is 23.8 Å². The van der Waals surface area contributed by atoms with Crippen LogP contribution in [-0.4, -0.2) is 7.05 Å². The molecule has 0 aromatic heterocycles. The molecule has 2 atom stereocenters. The SMILES string of the molecule is CC(c1ccccc1Cl)N(C)c1ccccc1[C@@H](C)N. The van der Waals surface area contributed by atoms with E-state index in [2.05, 4.69) is 37.1 Å². The third-order valence-corrected chi connectivity index (χ3v) is 4.09. The molecule has 0 aliphatic rings. The minimum absolute atomic E-state index is 0.00657. The fourth-order valence-electron chi connectivity index (χ4n) is 2.42. The van der Waals surface area contributed by atoms with Crippen molar-refractivity contribution in [2.75, 3.05) is 11.9 Å². The maximum Gasteiger partial charge on any atom is 0.0525 e. The van der Waals surface area contributed by atoms with Crippen molar-refractivity contribution in [2.45, 2.75) is 25.9 Å². The molecule has 0 saturated heterocycles. The summed E-state index contributed by atoms with van der Waals surface area (Å²) in [5, 5.41) is 0.796. The Labute approximate surface area is 126 Å². The molecule has 2 nitrogen and oxygen atoms in total. The monoisotopic (exact) mass is 288 g/mol. The predicted octanol–water partition coefficient (Wildman–Crippen LogP) is 4.56. The van der Waals surface area contributed by atoms with E-state index in [-0.39, 0.29) is 12.1 Å². The van der Waals surface area contributed by atoms with Crippen LogP contribution in [0, 0.1) is 0 Å². The number of hydrogen-bond donors (Lipinski definition) is 1. The average molecular weight is 289 g/mol. The normalized spacial score (nSPS) is 13.8. The molecular formula is C17H21ClN2. The van der Waals surface area contributed by atoms with Crippen LogP contribution >= 0.6 is 11.6 Å². The summed E-state index contributed by atoms with van der Waals surface area (Å²) in [6.45, 7) is 4.16. The van der Waals surface area contributed by atoms with Crippen LogP contribution in [0.1, 0.15) is 37.1 Å². The summed E-state index contributed by atoms with van der Waals surface area (Å²) in [6, 6.07) is 16.4. The molecule has 0 amide bonds. The van der Waals surface area contributed by atoms with Gasteiger partial charge in [-0.3, -0.25) is 0 Å². The first-order valence-electron chi connectivity index (χ1n) is 6.84. The number of nitrogens with zero attached hydrogens (tertiary/aromatic N) is 1. The summed E-state index contributed by atoms with van der Waals surface area (Å²) in [6.07, 6.45) is 0. The summed E-state index contributed by atoms with van der Waals surface area (Å²) < 4.78 is 0. The zero-order valence-electron chi connectivity index (χ0n) is 12.2. The first-order chi connectivity index (χ1) is 9.52. The van der Waals surface area contributed by atoms with Gasteiger partial charge in [-0.25, -0.2) is 0 Å². The van der Waals surface area contributed by atoms with Gasteiger partial charge >= 0.3 is 0 Å². The minimum atomic E-state index is 0.00657. The van der Waals surface area contributed by atoms with Crippen molar-refractivity contribution in [3.63, 3.8) is 0 Å². The van der Waals surface area contributed by atoms with Gasteiger partial charge in [-0.05, 0) is 37.1 Å². The minimum Gasteiger partial charge on any atom is -0.368 e. The van der Waals surface area contributed by atoms with E-state index in [4.69, 9.17) is 17.3 Å². The highest BCUT2D eigenvalue weighted by molar-refractivity contribution is 6.31. The molecule has 0 radical (unpaired) electrons. The smallest absolute Gasteiger partial charge is 0.0525 e. The third kappa shape index (κ3) is 2.97. The lowest BCUT2D eigenvalue weighted by Gasteiger charge is -2.30. The number of para-hydroxylation sites is 1. The van der Waals surface area contributed by atoms with Crippen LogP contribution < -0.4 is 10.6 Å². The third-order valence-electron chi connectivity index (χ3n) is 3.74. The molecule has 2 N–H and O–H groups in total. The number of halogens is 1. The highest BCUT2D eigenvalue weighted by Gasteiger charge is 2.18. The molecule has 0 heterocycles. The molecular weight excluding hydrogens is 268 g/mol. The van der Waals surface area contributed by atoms with Gasteiger partial charge in [0.2, 0.25) is 0 Å². The second-order valence-corrected chi connectivity index (χ2v) is 5.56. The molecule has 3 heteroatoms. The van der Waals surface area contributed by atoms with Crippen LogP contribution in [0.4, 0.5) is 5.69 Å². The van der Waals surface area contributed by atoms with E-state index in [1.165, 1.54) is 0 Å².